The molecule has 20 heavy (non-hydrogen) atoms. The number of thiocarbonyl (C=S) groups is 1. The Kier molecular flexibility index (Phi) is 4.44. The van der Waals surface area contributed by atoms with Crippen molar-refractivity contribution < 1.29 is 22.6 Å². The summed E-state index contributed by atoms with van der Waals surface area (Å²) >= 11 is 4.81. The van der Waals surface area contributed by atoms with E-state index in [1.807, 2.05) is 0 Å². The van der Waals surface area contributed by atoms with Crippen molar-refractivity contribution >= 4 is 17.2 Å². The second-order valence-electron chi connectivity index (χ2n) is 4.34. The van der Waals surface area contributed by atoms with Crippen LogP contribution in [-0.2, 0) is 10.9 Å². The van der Waals surface area contributed by atoms with Gasteiger partial charge < -0.3 is 15.2 Å². The number of hydrogen-bond donors (Lipinski definition) is 1. The minimum Gasteiger partial charge on any atom is -0.474 e. The smallest absolute Gasteiger partial charge is 0.433 e. The normalized spacial score (nSPS) is 16.9. The highest BCUT2D eigenvalue weighted by Crippen LogP contribution is 2.31. The summed E-state index contributed by atoms with van der Waals surface area (Å²) in [6.45, 7) is 1.01. The quantitative estimate of drug-likeness (QED) is 0.868. The molecule has 0 aliphatic carbocycles. The molecule has 1 fully saturated rings. The molecule has 2 heterocycles. The summed E-state index contributed by atoms with van der Waals surface area (Å²) in [5.74, 6) is -0.167. The summed E-state index contributed by atoms with van der Waals surface area (Å²) < 4.78 is 48.7. The van der Waals surface area contributed by atoms with Crippen LogP contribution in [0.2, 0.25) is 0 Å². The molecule has 0 unspecified atom stereocenters. The SMILES string of the molecule is NC(=S)c1ccc(C(F)(F)F)nc1OC1CCOCC1. The zero-order chi connectivity index (χ0) is 14.8. The molecule has 110 valence electrons. The van der Waals surface area contributed by atoms with Crippen LogP contribution in [-0.4, -0.2) is 29.3 Å². The van der Waals surface area contributed by atoms with Crippen LogP contribution in [0.15, 0.2) is 12.1 Å². The topological polar surface area (TPSA) is 57.4 Å². The zero-order valence-corrected chi connectivity index (χ0v) is 11.3. The van der Waals surface area contributed by atoms with Gasteiger partial charge in [-0.3, -0.25) is 0 Å². The van der Waals surface area contributed by atoms with Crippen molar-refractivity contribution in [2.24, 2.45) is 5.73 Å². The number of halogens is 3. The lowest BCUT2D eigenvalue weighted by molar-refractivity contribution is -0.141. The van der Waals surface area contributed by atoms with Crippen molar-refractivity contribution in [3.05, 3.63) is 23.4 Å². The first-order valence-corrected chi connectivity index (χ1v) is 6.41. The molecule has 0 aromatic carbocycles. The summed E-state index contributed by atoms with van der Waals surface area (Å²) in [6.07, 6.45) is -3.60. The highest BCUT2D eigenvalue weighted by atomic mass is 32.1. The molecule has 1 aromatic heterocycles. The van der Waals surface area contributed by atoms with Crippen molar-refractivity contribution in [1.82, 2.24) is 4.98 Å². The van der Waals surface area contributed by atoms with Gasteiger partial charge in [-0.1, -0.05) is 12.2 Å². The van der Waals surface area contributed by atoms with Gasteiger partial charge in [0.1, 0.15) is 16.8 Å². The summed E-state index contributed by atoms with van der Waals surface area (Å²) in [4.78, 5) is 3.46. The van der Waals surface area contributed by atoms with Crippen LogP contribution in [0.1, 0.15) is 24.1 Å². The maximum absolute atomic E-state index is 12.7. The van der Waals surface area contributed by atoms with E-state index < -0.39 is 11.9 Å². The summed E-state index contributed by atoms with van der Waals surface area (Å²) in [5, 5.41) is 0. The number of alkyl halides is 3. The van der Waals surface area contributed by atoms with Gasteiger partial charge in [-0.25, -0.2) is 4.98 Å². The third kappa shape index (κ3) is 3.57. The van der Waals surface area contributed by atoms with E-state index in [1.165, 1.54) is 6.07 Å². The molecule has 2 rings (SSSR count). The standard InChI is InChI=1S/C12H13F3N2O2S/c13-12(14,15)9-2-1-8(10(16)20)11(17-9)19-7-3-5-18-6-4-7/h1-2,7H,3-6H2,(H2,16,20). The molecule has 2 N–H and O–H groups in total. The molecule has 0 atom stereocenters. The van der Waals surface area contributed by atoms with Gasteiger partial charge in [-0.05, 0) is 12.1 Å². The zero-order valence-electron chi connectivity index (χ0n) is 10.4. The average molecular weight is 306 g/mol. The van der Waals surface area contributed by atoms with E-state index in [1.54, 1.807) is 0 Å². The second kappa shape index (κ2) is 5.92. The monoisotopic (exact) mass is 306 g/mol. The van der Waals surface area contributed by atoms with E-state index in [0.717, 1.165) is 6.07 Å². The lowest BCUT2D eigenvalue weighted by Crippen LogP contribution is -2.28. The van der Waals surface area contributed by atoms with Gasteiger partial charge in [0.25, 0.3) is 0 Å². The fourth-order valence-corrected chi connectivity index (χ4v) is 1.98. The first-order valence-electron chi connectivity index (χ1n) is 6.00. The molecule has 1 aliphatic heterocycles. The van der Waals surface area contributed by atoms with Crippen LogP contribution in [0, 0.1) is 0 Å². The highest BCUT2D eigenvalue weighted by molar-refractivity contribution is 7.80. The van der Waals surface area contributed by atoms with E-state index in [9.17, 15) is 13.2 Å². The first kappa shape index (κ1) is 15.0. The van der Waals surface area contributed by atoms with Crippen LogP contribution < -0.4 is 10.5 Å². The molecule has 0 saturated carbocycles. The van der Waals surface area contributed by atoms with Gasteiger partial charge in [0.15, 0.2) is 0 Å². The van der Waals surface area contributed by atoms with E-state index in [0.29, 0.717) is 26.1 Å². The van der Waals surface area contributed by atoms with Crippen LogP contribution in [0.5, 0.6) is 5.88 Å². The fourth-order valence-electron chi connectivity index (χ4n) is 1.83. The Morgan fingerprint density at radius 2 is 2.00 bits per heavy atom. The molecular formula is C12H13F3N2O2S. The van der Waals surface area contributed by atoms with Gasteiger partial charge in [0.05, 0.1) is 18.8 Å². The minimum absolute atomic E-state index is 0.0479. The molecule has 0 radical (unpaired) electrons. The molecule has 0 amide bonds. The Balaban J connectivity index is 2.29. The molecule has 8 heteroatoms. The number of pyridine rings is 1. The molecule has 0 bridgehead atoms. The van der Waals surface area contributed by atoms with Crippen molar-refractivity contribution in [2.75, 3.05) is 13.2 Å². The Hall–Kier alpha value is -1.41. The lowest BCUT2D eigenvalue weighted by Gasteiger charge is -2.24. The second-order valence-corrected chi connectivity index (χ2v) is 4.78. The van der Waals surface area contributed by atoms with Crippen LogP contribution in [0.3, 0.4) is 0 Å². The Bertz CT molecular complexity index is 502. The Morgan fingerprint density at radius 1 is 1.35 bits per heavy atom. The van der Waals surface area contributed by atoms with Crippen LogP contribution in [0.4, 0.5) is 13.2 Å². The van der Waals surface area contributed by atoms with Gasteiger partial charge in [-0.15, -0.1) is 0 Å². The van der Waals surface area contributed by atoms with Gasteiger partial charge >= 0.3 is 6.18 Å². The van der Waals surface area contributed by atoms with E-state index in [2.05, 4.69) is 4.98 Å². The molecule has 1 aliphatic rings. The lowest BCUT2D eigenvalue weighted by atomic mass is 10.1. The first-order chi connectivity index (χ1) is 9.38. The summed E-state index contributed by atoms with van der Waals surface area (Å²) in [7, 11) is 0. The number of nitrogens with two attached hydrogens (primary N) is 1. The predicted octanol–water partition coefficient (Wildman–Crippen LogP) is 2.29. The van der Waals surface area contributed by atoms with Crippen molar-refractivity contribution in [3.8, 4) is 5.88 Å². The summed E-state index contributed by atoms with van der Waals surface area (Å²) in [6, 6.07) is 2.03. The Labute approximate surface area is 119 Å². The molecule has 1 aromatic rings. The van der Waals surface area contributed by atoms with Gasteiger partial charge in [0, 0.05) is 12.8 Å². The molecular weight excluding hydrogens is 293 g/mol. The van der Waals surface area contributed by atoms with Crippen LogP contribution in [0.25, 0.3) is 0 Å². The largest absolute Gasteiger partial charge is 0.474 e. The number of aromatic nitrogens is 1. The summed E-state index contributed by atoms with van der Waals surface area (Å²) in [5.41, 5.74) is 4.66. The van der Waals surface area contributed by atoms with Crippen molar-refractivity contribution in [1.29, 1.82) is 0 Å². The van der Waals surface area contributed by atoms with E-state index in [-0.39, 0.29) is 22.5 Å². The number of rotatable bonds is 3. The maximum Gasteiger partial charge on any atom is 0.433 e. The molecule has 1 saturated heterocycles. The molecule has 4 nitrogen and oxygen atoms in total. The van der Waals surface area contributed by atoms with Crippen molar-refractivity contribution in [2.45, 2.75) is 25.1 Å². The predicted molar refractivity (Wildman–Crippen MR) is 69.6 cm³/mol. The maximum atomic E-state index is 12.7. The van der Waals surface area contributed by atoms with Gasteiger partial charge in [0.2, 0.25) is 5.88 Å². The Morgan fingerprint density at radius 3 is 2.55 bits per heavy atom. The number of nitrogens with zero attached hydrogens (tertiary/aromatic N) is 1. The third-order valence-electron chi connectivity index (χ3n) is 2.86. The van der Waals surface area contributed by atoms with Crippen LogP contribution >= 0.6 is 12.2 Å². The number of hydrogen-bond acceptors (Lipinski definition) is 4. The van der Waals surface area contributed by atoms with E-state index >= 15 is 0 Å². The molecule has 0 spiro atoms. The van der Waals surface area contributed by atoms with Gasteiger partial charge in [-0.2, -0.15) is 13.2 Å². The van der Waals surface area contributed by atoms with Crippen molar-refractivity contribution in [3.63, 3.8) is 0 Å². The fraction of sp³-hybridized carbons (Fsp3) is 0.500. The minimum atomic E-state index is -4.54. The number of ether oxygens (including phenoxy) is 2. The third-order valence-corrected chi connectivity index (χ3v) is 3.08. The van der Waals surface area contributed by atoms with E-state index in [4.69, 9.17) is 27.4 Å². The highest BCUT2D eigenvalue weighted by Gasteiger charge is 2.34. The average Bonchev–Trinajstić information content (AvgIpc) is 2.38.